The first-order valence-electron chi connectivity index (χ1n) is 7.14. The summed E-state index contributed by atoms with van der Waals surface area (Å²) in [5, 5.41) is 11.3. The van der Waals surface area contributed by atoms with E-state index in [-0.39, 0.29) is 5.56 Å². The third-order valence-corrected chi connectivity index (χ3v) is 4.96. The van der Waals surface area contributed by atoms with Gasteiger partial charge in [-0.2, -0.15) is 0 Å². The molecule has 6 heteroatoms. The molecular weight excluding hydrogens is 312 g/mol. The summed E-state index contributed by atoms with van der Waals surface area (Å²) in [6, 6.07) is 6.04. The molecule has 0 amide bonds. The zero-order valence-electron chi connectivity index (χ0n) is 13.0. The largest absolute Gasteiger partial charge is 0.548 e. The number of hydrogen-bond acceptors (Lipinski definition) is 5. The Labute approximate surface area is 136 Å². The molecule has 2 heterocycles. The lowest BCUT2D eigenvalue weighted by atomic mass is 9.99. The van der Waals surface area contributed by atoms with Gasteiger partial charge in [0.15, 0.2) is 0 Å². The van der Waals surface area contributed by atoms with E-state index >= 15 is 0 Å². The van der Waals surface area contributed by atoms with E-state index in [2.05, 4.69) is 4.98 Å². The van der Waals surface area contributed by atoms with Crippen molar-refractivity contribution < 1.29 is 9.90 Å². The summed E-state index contributed by atoms with van der Waals surface area (Å²) >= 11 is 1.44. The number of aryl methyl sites for hydroxylation is 3. The molecule has 0 aliphatic rings. The van der Waals surface area contributed by atoms with Crippen LogP contribution in [0.25, 0.3) is 21.3 Å². The molecule has 3 rings (SSSR count). The van der Waals surface area contributed by atoms with Crippen molar-refractivity contribution >= 4 is 27.5 Å². The highest BCUT2D eigenvalue weighted by Crippen LogP contribution is 2.36. The number of hydrogen-bond donors (Lipinski definition) is 0. The maximum absolute atomic E-state index is 12.7. The first-order valence-corrected chi connectivity index (χ1v) is 7.96. The van der Waals surface area contributed by atoms with Crippen LogP contribution in [-0.4, -0.2) is 15.5 Å². The van der Waals surface area contributed by atoms with Crippen molar-refractivity contribution in [1.82, 2.24) is 9.55 Å². The van der Waals surface area contributed by atoms with Crippen molar-refractivity contribution in [2.24, 2.45) is 0 Å². The lowest BCUT2D eigenvalue weighted by molar-refractivity contribution is -0.306. The van der Waals surface area contributed by atoms with E-state index in [4.69, 9.17) is 0 Å². The number of carboxylic acid groups (broad SMARTS) is 1. The minimum absolute atomic E-state index is 0.350. The Hall–Kier alpha value is -2.47. The van der Waals surface area contributed by atoms with Crippen molar-refractivity contribution in [3.8, 4) is 11.1 Å². The van der Waals surface area contributed by atoms with E-state index in [0.717, 1.165) is 26.1 Å². The van der Waals surface area contributed by atoms with Gasteiger partial charge in [-0.1, -0.05) is 18.2 Å². The normalized spacial score (nSPS) is 11.1. The summed E-state index contributed by atoms with van der Waals surface area (Å²) in [6.45, 7) is 5.50. The molecule has 118 valence electrons. The van der Waals surface area contributed by atoms with Crippen LogP contribution in [0.1, 0.15) is 16.0 Å². The van der Waals surface area contributed by atoms with Gasteiger partial charge in [0.05, 0.1) is 24.2 Å². The average molecular weight is 327 g/mol. The predicted octanol–water partition coefficient (Wildman–Crippen LogP) is 1.80. The van der Waals surface area contributed by atoms with Crippen molar-refractivity contribution in [3.05, 3.63) is 50.9 Å². The van der Waals surface area contributed by atoms with E-state index in [9.17, 15) is 14.7 Å². The number of carbonyl (C=O) groups excluding carboxylic acids is 1. The highest BCUT2D eigenvalue weighted by molar-refractivity contribution is 7.19. The maximum Gasteiger partial charge on any atom is 0.263 e. The van der Waals surface area contributed by atoms with E-state index in [1.165, 1.54) is 23.2 Å². The van der Waals surface area contributed by atoms with Crippen LogP contribution < -0.4 is 10.7 Å². The highest BCUT2D eigenvalue weighted by Gasteiger charge is 2.17. The summed E-state index contributed by atoms with van der Waals surface area (Å²) in [6.07, 6.45) is 1.26. The maximum atomic E-state index is 12.7. The molecule has 0 atom stereocenters. The Morgan fingerprint density at radius 2 is 2.00 bits per heavy atom. The van der Waals surface area contributed by atoms with Gasteiger partial charge in [0.1, 0.15) is 4.83 Å². The molecule has 1 aromatic carbocycles. The Kier molecular flexibility index (Phi) is 3.77. The quantitative estimate of drug-likeness (QED) is 0.735. The molecule has 5 nitrogen and oxygen atoms in total. The number of fused-ring (bicyclic) bond motifs is 1. The van der Waals surface area contributed by atoms with Gasteiger partial charge < -0.3 is 9.90 Å². The first-order chi connectivity index (χ1) is 10.9. The molecule has 0 unspecified atom stereocenters. The minimum Gasteiger partial charge on any atom is -0.548 e. The van der Waals surface area contributed by atoms with Crippen LogP contribution in [0.5, 0.6) is 0 Å². The van der Waals surface area contributed by atoms with Crippen LogP contribution >= 0.6 is 11.3 Å². The number of carbonyl (C=O) groups is 1. The summed E-state index contributed by atoms with van der Waals surface area (Å²) in [4.78, 5) is 29.3. The number of aliphatic carboxylic acids is 1. The zero-order chi connectivity index (χ0) is 16.7. The molecular formula is C17H15N2O3S-. The smallest absolute Gasteiger partial charge is 0.263 e. The van der Waals surface area contributed by atoms with Gasteiger partial charge in [-0.25, -0.2) is 4.98 Å². The fourth-order valence-electron chi connectivity index (χ4n) is 2.63. The molecule has 0 aliphatic heterocycles. The molecule has 0 N–H and O–H groups in total. The first kappa shape index (κ1) is 15.4. The third kappa shape index (κ3) is 2.66. The Balaban J connectivity index is 2.31. The number of rotatable bonds is 3. The van der Waals surface area contributed by atoms with E-state index in [1.807, 2.05) is 39.0 Å². The SMILES string of the molecule is Cc1ccc(-c2c(C)sc3ncn(CC(=O)[O-])c(=O)c23)cc1C. The summed E-state index contributed by atoms with van der Waals surface area (Å²) in [7, 11) is 0. The molecule has 23 heavy (non-hydrogen) atoms. The minimum atomic E-state index is -1.31. The second-order valence-electron chi connectivity index (χ2n) is 5.56. The van der Waals surface area contributed by atoms with Crippen LogP contribution in [-0.2, 0) is 11.3 Å². The fourth-order valence-corrected chi connectivity index (χ4v) is 3.64. The van der Waals surface area contributed by atoms with E-state index in [0.29, 0.717) is 10.2 Å². The van der Waals surface area contributed by atoms with Gasteiger partial charge >= 0.3 is 0 Å². The second-order valence-corrected chi connectivity index (χ2v) is 6.77. The number of aromatic nitrogens is 2. The van der Waals surface area contributed by atoms with Crippen LogP contribution in [0, 0.1) is 20.8 Å². The molecule has 0 aliphatic carbocycles. The molecule has 0 saturated heterocycles. The lowest BCUT2D eigenvalue weighted by Gasteiger charge is -2.08. The number of carboxylic acids is 1. The van der Waals surface area contributed by atoms with Crippen molar-refractivity contribution in [3.63, 3.8) is 0 Å². The molecule has 2 aromatic heterocycles. The van der Waals surface area contributed by atoms with Gasteiger partial charge in [-0.15, -0.1) is 11.3 Å². The zero-order valence-corrected chi connectivity index (χ0v) is 13.9. The standard InChI is InChI=1S/C17H16N2O3S/c1-9-4-5-12(6-10(9)2)14-11(3)23-16-15(14)17(22)19(8-18-16)7-13(20)21/h4-6,8H,7H2,1-3H3,(H,20,21)/p-1. The number of thiophene rings is 1. The average Bonchev–Trinajstić information content (AvgIpc) is 2.82. The highest BCUT2D eigenvalue weighted by atomic mass is 32.1. The number of nitrogens with zero attached hydrogens (tertiary/aromatic N) is 2. The molecule has 0 fully saturated rings. The molecule has 3 aromatic rings. The Morgan fingerprint density at radius 3 is 2.65 bits per heavy atom. The van der Waals surface area contributed by atoms with Crippen LogP contribution in [0.3, 0.4) is 0 Å². The Bertz CT molecular complexity index is 985. The van der Waals surface area contributed by atoms with Gasteiger partial charge in [-0.05, 0) is 37.5 Å². The van der Waals surface area contributed by atoms with Gasteiger partial charge in [0.2, 0.25) is 0 Å². The molecule has 0 bridgehead atoms. The van der Waals surface area contributed by atoms with Gasteiger partial charge in [0, 0.05) is 10.4 Å². The van der Waals surface area contributed by atoms with Crippen LogP contribution in [0.2, 0.25) is 0 Å². The lowest BCUT2D eigenvalue weighted by Crippen LogP contribution is -2.32. The summed E-state index contributed by atoms with van der Waals surface area (Å²) in [5.74, 6) is -1.31. The summed E-state index contributed by atoms with van der Waals surface area (Å²) in [5.41, 5.74) is 3.75. The molecule has 0 saturated carbocycles. The monoisotopic (exact) mass is 327 g/mol. The molecule has 0 radical (unpaired) electrons. The van der Waals surface area contributed by atoms with Gasteiger partial charge in [-0.3, -0.25) is 9.36 Å². The topological polar surface area (TPSA) is 75.0 Å². The van der Waals surface area contributed by atoms with Crippen LogP contribution in [0.15, 0.2) is 29.3 Å². The molecule has 0 spiro atoms. The van der Waals surface area contributed by atoms with Crippen molar-refractivity contribution in [1.29, 1.82) is 0 Å². The van der Waals surface area contributed by atoms with E-state index in [1.54, 1.807) is 0 Å². The second kappa shape index (κ2) is 5.62. The number of benzene rings is 1. The fraction of sp³-hybridized carbons (Fsp3) is 0.235. The Morgan fingerprint density at radius 1 is 1.26 bits per heavy atom. The van der Waals surface area contributed by atoms with E-state index < -0.39 is 12.5 Å². The summed E-state index contributed by atoms with van der Waals surface area (Å²) < 4.78 is 1.08. The van der Waals surface area contributed by atoms with Crippen molar-refractivity contribution in [2.45, 2.75) is 27.3 Å². The van der Waals surface area contributed by atoms with Crippen LogP contribution in [0.4, 0.5) is 0 Å². The van der Waals surface area contributed by atoms with Gasteiger partial charge in [0.25, 0.3) is 5.56 Å². The predicted molar refractivity (Wildman–Crippen MR) is 88.5 cm³/mol. The van der Waals surface area contributed by atoms with Crippen molar-refractivity contribution in [2.75, 3.05) is 0 Å². The third-order valence-electron chi connectivity index (χ3n) is 3.95.